The molecule has 0 bridgehead atoms. The lowest BCUT2D eigenvalue weighted by Gasteiger charge is -2.32. The van der Waals surface area contributed by atoms with Gasteiger partial charge in [0.2, 0.25) is 0 Å². The van der Waals surface area contributed by atoms with Gasteiger partial charge in [-0.3, -0.25) is 4.79 Å². The van der Waals surface area contributed by atoms with E-state index in [0.29, 0.717) is 5.92 Å². The van der Waals surface area contributed by atoms with Crippen LogP contribution in [0, 0.1) is 11.3 Å². The van der Waals surface area contributed by atoms with Gasteiger partial charge >= 0.3 is 0 Å². The quantitative estimate of drug-likeness (QED) is 0.821. The average molecular weight is 271 g/mol. The molecule has 0 aliphatic heterocycles. The highest BCUT2D eigenvalue weighted by Crippen LogP contribution is 2.37. The molecule has 0 heterocycles. The smallest absolute Gasteiger partial charge is 0.251 e. The van der Waals surface area contributed by atoms with Gasteiger partial charge in [0.1, 0.15) is 0 Å². The number of rotatable bonds is 3. The first-order valence-electron chi connectivity index (χ1n) is 7.48. The van der Waals surface area contributed by atoms with Crippen molar-refractivity contribution in [1.29, 1.82) is 0 Å². The van der Waals surface area contributed by atoms with Gasteiger partial charge in [-0.25, -0.2) is 0 Å². The fraction of sp³-hybridized carbons (Fsp3) is 0.500. The van der Waals surface area contributed by atoms with Crippen molar-refractivity contribution in [2.45, 2.75) is 40.0 Å². The van der Waals surface area contributed by atoms with E-state index in [1.165, 1.54) is 5.57 Å². The van der Waals surface area contributed by atoms with Gasteiger partial charge < -0.3 is 5.32 Å². The van der Waals surface area contributed by atoms with Crippen molar-refractivity contribution in [2.24, 2.45) is 11.3 Å². The van der Waals surface area contributed by atoms with E-state index in [-0.39, 0.29) is 11.3 Å². The van der Waals surface area contributed by atoms with E-state index in [4.69, 9.17) is 0 Å². The number of amides is 1. The molecule has 1 aromatic carbocycles. The van der Waals surface area contributed by atoms with Crippen LogP contribution in [0.5, 0.6) is 0 Å². The summed E-state index contributed by atoms with van der Waals surface area (Å²) in [6.45, 7) is 7.59. The number of hydrogen-bond acceptors (Lipinski definition) is 1. The maximum absolute atomic E-state index is 12.1. The minimum Gasteiger partial charge on any atom is -0.352 e. The van der Waals surface area contributed by atoms with Gasteiger partial charge in [0.25, 0.3) is 5.91 Å². The molecule has 0 aromatic heterocycles. The topological polar surface area (TPSA) is 29.1 Å². The zero-order chi connectivity index (χ0) is 14.6. The number of allylic oxidation sites excluding steroid dienone is 2. The largest absolute Gasteiger partial charge is 0.352 e. The first kappa shape index (κ1) is 14.8. The Labute approximate surface area is 122 Å². The van der Waals surface area contributed by atoms with Crippen LogP contribution in [-0.4, -0.2) is 12.5 Å². The second-order valence-corrected chi connectivity index (χ2v) is 6.55. The SMILES string of the molecule is CC1=CCC(C)(C)C(CNC(=O)c2ccccc2)CC1. The van der Waals surface area contributed by atoms with Gasteiger partial charge in [0.15, 0.2) is 0 Å². The zero-order valence-electron chi connectivity index (χ0n) is 12.8. The van der Waals surface area contributed by atoms with Gasteiger partial charge in [-0.15, -0.1) is 0 Å². The lowest BCUT2D eigenvalue weighted by atomic mass is 9.75. The molecule has 2 heteroatoms. The Kier molecular flexibility index (Phi) is 4.64. The van der Waals surface area contributed by atoms with Crippen LogP contribution in [0.2, 0.25) is 0 Å². The Balaban J connectivity index is 1.95. The van der Waals surface area contributed by atoms with Crippen molar-refractivity contribution < 1.29 is 4.79 Å². The van der Waals surface area contributed by atoms with Crippen LogP contribution in [0.25, 0.3) is 0 Å². The molecule has 1 amide bonds. The molecule has 2 nitrogen and oxygen atoms in total. The first-order valence-corrected chi connectivity index (χ1v) is 7.48. The second-order valence-electron chi connectivity index (χ2n) is 6.55. The normalized spacial score (nSPS) is 21.8. The molecule has 0 radical (unpaired) electrons. The molecule has 1 N–H and O–H groups in total. The maximum atomic E-state index is 12.1. The Bertz CT molecular complexity index is 487. The Morgan fingerprint density at radius 2 is 2.00 bits per heavy atom. The van der Waals surface area contributed by atoms with Crippen molar-refractivity contribution >= 4 is 5.91 Å². The molecule has 108 valence electrons. The number of hydrogen-bond donors (Lipinski definition) is 1. The lowest BCUT2D eigenvalue weighted by molar-refractivity contribution is 0.0928. The molecular formula is C18H25NO. The molecular weight excluding hydrogens is 246 g/mol. The Hall–Kier alpha value is -1.57. The molecule has 0 fully saturated rings. The van der Waals surface area contributed by atoms with Crippen LogP contribution >= 0.6 is 0 Å². The predicted octanol–water partition coefficient (Wildman–Crippen LogP) is 4.19. The highest BCUT2D eigenvalue weighted by Gasteiger charge is 2.30. The van der Waals surface area contributed by atoms with Crippen molar-refractivity contribution in [3.63, 3.8) is 0 Å². The van der Waals surface area contributed by atoms with Crippen LogP contribution in [0.1, 0.15) is 50.4 Å². The Morgan fingerprint density at radius 1 is 1.30 bits per heavy atom. The van der Waals surface area contributed by atoms with Gasteiger partial charge in [-0.05, 0) is 49.7 Å². The van der Waals surface area contributed by atoms with E-state index >= 15 is 0 Å². The molecule has 1 atom stereocenters. The van der Waals surface area contributed by atoms with E-state index in [1.807, 2.05) is 30.3 Å². The minimum absolute atomic E-state index is 0.0373. The predicted molar refractivity (Wildman–Crippen MR) is 83.7 cm³/mol. The summed E-state index contributed by atoms with van der Waals surface area (Å²) in [5.41, 5.74) is 2.48. The summed E-state index contributed by atoms with van der Waals surface area (Å²) in [5, 5.41) is 3.10. The number of benzene rings is 1. The zero-order valence-corrected chi connectivity index (χ0v) is 12.8. The molecule has 0 saturated carbocycles. The monoisotopic (exact) mass is 271 g/mol. The van der Waals surface area contributed by atoms with Gasteiger partial charge in [0, 0.05) is 12.1 Å². The summed E-state index contributed by atoms with van der Waals surface area (Å²) in [7, 11) is 0. The van der Waals surface area contributed by atoms with Crippen LogP contribution < -0.4 is 5.32 Å². The third-order valence-electron chi connectivity index (χ3n) is 4.51. The average Bonchev–Trinajstić information content (AvgIpc) is 2.57. The molecule has 1 unspecified atom stereocenters. The number of nitrogens with one attached hydrogen (secondary N) is 1. The lowest BCUT2D eigenvalue weighted by Crippen LogP contribution is -2.36. The van der Waals surface area contributed by atoms with Crippen molar-refractivity contribution in [3.8, 4) is 0 Å². The van der Waals surface area contributed by atoms with Gasteiger partial charge in [-0.2, -0.15) is 0 Å². The second kappa shape index (κ2) is 6.25. The molecule has 20 heavy (non-hydrogen) atoms. The molecule has 0 spiro atoms. The molecule has 1 aliphatic rings. The third-order valence-corrected chi connectivity index (χ3v) is 4.51. The molecule has 1 aromatic rings. The fourth-order valence-electron chi connectivity index (χ4n) is 2.78. The first-order chi connectivity index (χ1) is 9.49. The van der Waals surface area contributed by atoms with Gasteiger partial charge in [-0.1, -0.05) is 43.7 Å². The number of carbonyl (C=O) groups excluding carboxylic acids is 1. The molecule has 0 saturated heterocycles. The highest BCUT2D eigenvalue weighted by atomic mass is 16.1. The summed E-state index contributed by atoms with van der Waals surface area (Å²) in [5.74, 6) is 0.569. The third kappa shape index (κ3) is 3.72. The van der Waals surface area contributed by atoms with Crippen molar-refractivity contribution in [3.05, 3.63) is 47.5 Å². The van der Waals surface area contributed by atoms with Crippen LogP contribution in [0.3, 0.4) is 0 Å². The van der Waals surface area contributed by atoms with Crippen molar-refractivity contribution in [2.75, 3.05) is 6.54 Å². The number of carbonyl (C=O) groups is 1. The van der Waals surface area contributed by atoms with E-state index in [1.54, 1.807) is 0 Å². The Morgan fingerprint density at radius 3 is 2.70 bits per heavy atom. The standard InChI is InChI=1S/C18H25NO/c1-14-9-10-16(18(2,3)12-11-14)13-19-17(20)15-7-5-4-6-8-15/h4-8,11,16H,9-10,12-13H2,1-3H3,(H,19,20). The minimum atomic E-state index is 0.0373. The maximum Gasteiger partial charge on any atom is 0.251 e. The van der Waals surface area contributed by atoms with Gasteiger partial charge in [0.05, 0.1) is 0 Å². The summed E-state index contributed by atoms with van der Waals surface area (Å²) < 4.78 is 0. The van der Waals surface area contributed by atoms with E-state index in [0.717, 1.165) is 31.4 Å². The van der Waals surface area contributed by atoms with Crippen molar-refractivity contribution in [1.82, 2.24) is 5.32 Å². The van der Waals surface area contributed by atoms with E-state index in [2.05, 4.69) is 32.2 Å². The van der Waals surface area contributed by atoms with Crippen LogP contribution in [0.4, 0.5) is 0 Å². The molecule has 2 rings (SSSR count). The summed E-state index contributed by atoms with van der Waals surface area (Å²) >= 11 is 0. The summed E-state index contributed by atoms with van der Waals surface area (Å²) in [6, 6.07) is 9.45. The summed E-state index contributed by atoms with van der Waals surface area (Å²) in [6.07, 6.45) is 5.77. The van der Waals surface area contributed by atoms with Crippen LogP contribution in [0.15, 0.2) is 42.0 Å². The fourth-order valence-corrected chi connectivity index (χ4v) is 2.78. The van der Waals surface area contributed by atoms with E-state index < -0.39 is 0 Å². The van der Waals surface area contributed by atoms with Crippen LogP contribution in [-0.2, 0) is 0 Å². The molecule has 1 aliphatic carbocycles. The van der Waals surface area contributed by atoms with E-state index in [9.17, 15) is 4.79 Å². The summed E-state index contributed by atoms with van der Waals surface area (Å²) in [4.78, 5) is 12.1. The highest BCUT2D eigenvalue weighted by molar-refractivity contribution is 5.94.